The second kappa shape index (κ2) is 14.2. The molecule has 0 N–H and O–H groups in total. The predicted molar refractivity (Wildman–Crippen MR) is 291 cm³/mol. The van der Waals surface area contributed by atoms with Gasteiger partial charge in [-0.2, -0.15) is 0 Å². The number of furan rings is 1. The first kappa shape index (κ1) is 42.8. The van der Waals surface area contributed by atoms with Crippen LogP contribution in [0.2, 0.25) is 0 Å². The van der Waals surface area contributed by atoms with Crippen LogP contribution in [-0.2, 0) is 21.7 Å². The van der Waals surface area contributed by atoms with E-state index in [-0.39, 0.29) is 28.4 Å². The van der Waals surface area contributed by atoms with E-state index in [4.69, 9.17) is 18.9 Å². The average Bonchev–Trinajstić information content (AvgIpc) is 3.69. The molecular formula is C63H58BN3O3. The number of aromatic nitrogens is 1. The Bertz CT molecular complexity index is 3560. The normalized spacial score (nSPS) is 14.4. The average molecular weight is 916 g/mol. The van der Waals surface area contributed by atoms with Gasteiger partial charge in [0.15, 0.2) is 23.0 Å². The highest BCUT2D eigenvalue weighted by atomic mass is 16.5. The molecule has 0 amide bonds. The minimum atomic E-state index is -0.145. The quantitative estimate of drug-likeness (QED) is 0.161. The monoisotopic (exact) mass is 915 g/mol. The number of para-hydroxylation sites is 1. The number of pyridine rings is 1. The number of ether oxygens (including phenoxy) is 2. The Hall–Kier alpha value is -7.25. The summed E-state index contributed by atoms with van der Waals surface area (Å²) in [6.07, 6.45) is 1.84. The van der Waals surface area contributed by atoms with Gasteiger partial charge in [0.05, 0.1) is 28.4 Å². The second-order valence-electron chi connectivity index (χ2n) is 24.1. The Morgan fingerprint density at radius 3 is 1.50 bits per heavy atom. The molecule has 70 heavy (non-hydrogen) atoms. The first-order valence-electron chi connectivity index (χ1n) is 24.9. The number of hydrogen-bond acceptors (Lipinski definition) is 6. The van der Waals surface area contributed by atoms with Crippen molar-refractivity contribution in [3.63, 3.8) is 0 Å². The molecule has 0 saturated carbocycles. The highest BCUT2D eigenvalue weighted by Gasteiger charge is 2.49. The van der Waals surface area contributed by atoms with Crippen LogP contribution in [0.4, 0.5) is 34.1 Å². The van der Waals surface area contributed by atoms with Crippen LogP contribution in [0, 0.1) is 0 Å². The molecule has 0 saturated heterocycles. The van der Waals surface area contributed by atoms with Crippen LogP contribution in [0.3, 0.4) is 0 Å². The van der Waals surface area contributed by atoms with Crippen LogP contribution in [0.25, 0.3) is 44.3 Å². The van der Waals surface area contributed by atoms with Gasteiger partial charge in [0.25, 0.3) is 6.71 Å². The highest BCUT2D eigenvalue weighted by Crippen LogP contribution is 2.58. The van der Waals surface area contributed by atoms with Gasteiger partial charge < -0.3 is 23.7 Å². The van der Waals surface area contributed by atoms with Crippen molar-refractivity contribution in [3.05, 3.63) is 156 Å². The largest absolute Gasteiger partial charge is 0.455 e. The maximum Gasteiger partial charge on any atom is 0.252 e. The lowest BCUT2D eigenvalue weighted by atomic mass is 9.33. The standard InChI is InChI=1S/C63H58BN3O3/c1-60(2,3)37-20-23-47-52(31-37)68-54-33-39(62(7,8)9)29-44-57(54)66(47)49-26-36(35-19-22-41-42-16-15-17-43(46-18-13-14-25-65-46)59(42)70-51(41)28-35)27-50-56(49)64(44)45-30-40(63(10,11)12)34-55-58(45)67(50)48-24-21-38(61(4,5)6)32-53(48)69-55/h13-34H,1-12H3. The van der Waals surface area contributed by atoms with Crippen molar-refractivity contribution in [3.8, 4) is 45.4 Å². The van der Waals surface area contributed by atoms with Crippen molar-refractivity contribution < 1.29 is 13.9 Å². The summed E-state index contributed by atoms with van der Waals surface area (Å²) in [5.74, 6) is 3.49. The van der Waals surface area contributed by atoms with E-state index >= 15 is 0 Å². The molecule has 6 heterocycles. The summed E-state index contributed by atoms with van der Waals surface area (Å²) in [7, 11) is 0. The number of hydrogen-bond donors (Lipinski definition) is 0. The molecule has 0 unspecified atom stereocenters. The number of rotatable bonds is 2. The molecule has 4 aliphatic heterocycles. The third-order valence-corrected chi connectivity index (χ3v) is 15.3. The van der Waals surface area contributed by atoms with Gasteiger partial charge in [-0.1, -0.05) is 132 Å². The lowest BCUT2D eigenvalue weighted by Crippen LogP contribution is -2.62. The summed E-state index contributed by atoms with van der Waals surface area (Å²) in [5, 5.41) is 2.15. The third kappa shape index (κ3) is 6.29. The first-order chi connectivity index (χ1) is 33.2. The Kier molecular flexibility index (Phi) is 8.68. The topological polar surface area (TPSA) is 51.0 Å². The molecule has 0 aliphatic carbocycles. The summed E-state index contributed by atoms with van der Waals surface area (Å²) in [6, 6.07) is 47.1. The lowest BCUT2D eigenvalue weighted by molar-refractivity contribution is 0.469. The minimum absolute atomic E-state index is 0.0699. The van der Waals surface area contributed by atoms with Crippen LogP contribution in [-0.4, -0.2) is 11.7 Å². The molecule has 0 fully saturated rings. The van der Waals surface area contributed by atoms with E-state index in [0.717, 1.165) is 101 Å². The van der Waals surface area contributed by atoms with E-state index < -0.39 is 0 Å². The van der Waals surface area contributed by atoms with Crippen LogP contribution in [0.1, 0.15) is 105 Å². The molecule has 6 nitrogen and oxygen atoms in total. The third-order valence-electron chi connectivity index (χ3n) is 15.3. The molecule has 346 valence electrons. The zero-order valence-electron chi connectivity index (χ0n) is 42.3. The van der Waals surface area contributed by atoms with E-state index in [1.165, 1.54) is 38.6 Å². The maximum atomic E-state index is 7.22. The molecule has 4 aliphatic rings. The summed E-state index contributed by atoms with van der Waals surface area (Å²) in [4.78, 5) is 9.74. The van der Waals surface area contributed by atoms with Crippen molar-refractivity contribution in [2.24, 2.45) is 0 Å². The fraction of sp³-hybridized carbons (Fsp3) is 0.254. The van der Waals surface area contributed by atoms with Crippen LogP contribution in [0.5, 0.6) is 23.0 Å². The molecule has 7 aromatic carbocycles. The van der Waals surface area contributed by atoms with Gasteiger partial charge in [-0.05, 0) is 150 Å². The molecular weight excluding hydrogens is 858 g/mol. The zero-order valence-corrected chi connectivity index (χ0v) is 42.3. The van der Waals surface area contributed by atoms with Gasteiger partial charge in [0.1, 0.15) is 11.2 Å². The van der Waals surface area contributed by atoms with E-state index in [1.807, 2.05) is 24.4 Å². The maximum absolute atomic E-state index is 7.22. The van der Waals surface area contributed by atoms with Crippen LogP contribution >= 0.6 is 0 Å². The van der Waals surface area contributed by atoms with Crippen molar-refractivity contribution in [1.29, 1.82) is 0 Å². The van der Waals surface area contributed by atoms with E-state index in [2.05, 4.69) is 202 Å². The Morgan fingerprint density at radius 2 is 0.986 bits per heavy atom. The lowest BCUT2D eigenvalue weighted by Gasteiger charge is -2.48. The Labute approximate surface area is 412 Å². The smallest absolute Gasteiger partial charge is 0.252 e. The summed E-state index contributed by atoms with van der Waals surface area (Å²) in [5.41, 5.74) is 20.5. The Morgan fingerprint density at radius 1 is 0.443 bits per heavy atom. The fourth-order valence-corrected chi connectivity index (χ4v) is 11.3. The highest BCUT2D eigenvalue weighted by molar-refractivity contribution is 7.00. The van der Waals surface area contributed by atoms with E-state index in [1.54, 1.807) is 0 Å². The van der Waals surface area contributed by atoms with Gasteiger partial charge in [-0.3, -0.25) is 4.98 Å². The summed E-state index contributed by atoms with van der Waals surface area (Å²) in [6.45, 7) is 27.3. The number of anilines is 6. The van der Waals surface area contributed by atoms with Crippen LogP contribution < -0.4 is 35.7 Å². The second-order valence-corrected chi connectivity index (χ2v) is 24.1. The van der Waals surface area contributed by atoms with E-state index in [9.17, 15) is 0 Å². The summed E-state index contributed by atoms with van der Waals surface area (Å²) >= 11 is 0. The molecule has 2 aromatic heterocycles. The van der Waals surface area contributed by atoms with Crippen LogP contribution in [0.15, 0.2) is 138 Å². The van der Waals surface area contributed by atoms with Crippen molar-refractivity contribution in [2.75, 3.05) is 9.80 Å². The van der Waals surface area contributed by atoms with Crippen molar-refractivity contribution in [2.45, 2.75) is 105 Å². The van der Waals surface area contributed by atoms with Gasteiger partial charge in [0.2, 0.25) is 0 Å². The molecule has 0 radical (unpaired) electrons. The number of nitrogens with zero attached hydrogens (tertiary/aromatic N) is 3. The van der Waals surface area contributed by atoms with Crippen molar-refractivity contribution in [1.82, 2.24) is 4.98 Å². The molecule has 0 bridgehead atoms. The van der Waals surface area contributed by atoms with Gasteiger partial charge in [0, 0.05) is 33.9 Å². The SMILES string of the molecule is CC(C)(C)c1ccc2c(c1)Oc1cc(C(C)(C)C)cc3c1N2c1cc(-c2ccc4c(c2)oc2c(-c5ccccn5)cccc24)cc2c1B3c1cc(C(C)(C)C)cc3c1N2c1ccc(C(C)(C)C)cc1O3. The number of fused-ring (bicyclic) bond motifs is 11. The molecule has 13 rings (SSSR count). The van der Waals surface area contributed by atoms with Gasteiger partial charge >= 0.3 is 0 Å². The first-order valence-corrected chi connectivity index (χ1v) is 24.9. The number of benzene rings is 7. The Balaban J connectivity index is 1.13. The van der Waals surface area contributed by atoms with E-state index in [0.29, 0.717) is 0 Å². The molecule has 0 atom stereocenters. The van der Waals surface area contributed by atoms with Gasteiger partial charge in [-0.15, -0.1) is 0 Å². The molecule has 9 aromatic rings. The molecule has 0 spiro atoms. The zero-order chi connectivity index (χ0) is 48.6. The molecule has 7 heteroatoms. The fourth-order valence-electron chi connectivity index (χ4n) is 11.3. The summed E-state index contributed by atoms with van der Waals surface area (Å²) < 4.78 is 21.3. The van der Waals surface area contributed by atoms with Crippen molar-refractivity contribution >= 4 is 79.2 Å². The van der Waals surface area contributed by atoms with Gasteiger partial charge in [-0.25, -0.2) is 0 Å². The predicted octanol–water partition coefficient (Wildman–Crippen LogP) is 15.8. The minimum Gasteiger partial charge on any atom is -0.455 e.